The zero-order chi connectivity index (χ0) is 16.7. The summed E-state index contributed by atoms with van der Waals surface area (Å²) in [5.41, 5.74) is 2.43. The molecule has 0 fully saturated rings. The highest BCUT2D eigenvalue weighted by Gasteiger charge is 2.08. The van der Waals surface area contributed by atoms with Gasteiger partial charge in [-0.25, -0.2) is 4.98 Å². The Kier molecular flexibility index (Phi) is 3.54. The van der Waals surface area contributed by atoms with Crippen molar-refractivity contribution < 1.29 is 0 Å². The molecule has 0 aliphatic carbocycles. The van der Waals surface area contributed by atoms with E-state index >= 15 is 0 Å². The number of nitrogens with one attached hydrogen (secondary N) is 1. The Labute approximate surface area is 145 Å². The molecule has 2 aromatic heterocycles. The highest BCUT2D eigenvalue weighted by atomic mass is 79.9. The van der Waals surface area contributed by atoms with Crippen molar-refractivity contribution >= 4 is 44.0 Å². The molecule has 4 rings (SSSR count). The third kappa shape index (κ3) is 2.45. The fourth-order valence-electron chi connectivity index (χ4n) is 2.72. The molecule has 0 aliphatic heterocycles. The molecule has 0 spiro atoms. The van der Waals surface area contributed by atoms with Gasteiger partial charge in [0.2, 0.25) is 0 Å². The normalized spacial score (nSPS) is 11.8. The number of aryl methyl sites for hydroxylation is 1. The first-order chi connectivity index (χ1) is 11.6. The molecule has 118 valence electrons. The van der Waals surface area contributed by atoms with Gasteiger partial charge >= 0.3 is 0 Å². The molecule has 0 unspecified atom stereocenters. The van der Waals surface area contributed by atoms with Crippen molar-refractivity contribution in [2.75, 3.05) is 0 Å². The maximum absolute atomic E-state index is 12.7. The number of benzene rings is 2. The second-order valence-electron chi connectivity index (χ2n) is 5.47. The Balaban J connectivity index is 1.86. The van der Waals surface area contributed by atoms with Crippen molar-refractivity contribution in [1.29, 1.82) is 0 Å². The standard InChI is InChI=1S/C18H13BrN4O/c1-11-22-17-7-6-13(19)8-15(17)18(24)23(11)21-10-12-9-20-16-5-3-2-4-14(12)16/h2-10,20H,1H3. The predicted molar refractivity (Wildman–Crippen MR) is 99.7 cm³/mol. The number of fused-ring (bicyclic) bond motifs is 2. The zero-order valence-electron chi connectivity index (χ0n) is 12.8. The summed E-state index contributed by atoms with van der Waals surface area (Å²) in [5.74, 6) is 0.547. The minimum Gasteiger partial charge on any atom is -0.361 e. The van der Waals surface area contributed by atoms with E-state index in [1.807, 2.05) is 42.6 Å². The van der Waals surface area contributed by atoms with Crippen LogP contribution in [-0.4, -0.2) is 20.9 Å². The van der Waals surface area contributed by atoms with Crippen molar-refractivity contribution in [3.63, 3.8) is 0 Å². The van der Waals surface area contributed by atoms with E-state index < -0.39 is 0 Å². The van der Waals surface area contributed by atoms with Gasteiger partial charge in [0, 0.05) is 27.1 Å². The summed E-state index contributed by atoms with van der Waals surface area (Å²) in [6.07, 6.45) is 3.55. The third-order valence-corrected chi connectivity index (χ3v) is 4.40. The molecule has 4 aromatic rings. The number of aromatic amines is 1. The number of rotatable bonds is 2. The molecule has 24 heavy (non-hydrogen) atoms. The van der Waals surface area contributed by atoms with Crippen LogP contribution < -0.4 is 5.56 Å². The highest BCUT2D eigenvalue weighted by Crippen LogP contribution is 2.17. The average molecular weight is 381 g/mol. The maximum Gasteiger partial charge on any atom is 0.282 e. The molecule has 0 bridgehead atoms. The third-order valence-electron chi connectivity index (χ3n) is 3.90. The second-order valence-corrected chi connectivity index (χ2v) is 6.39. The predicted octanol–water partition coefficient (Wildman–Crippen LogP) is 3.83. The van der Waals surface area contributed by atoms with E-state index in [1.165, 1.54) is 4.68 Å². The topological polar surface area (TPSA) is 63.0 Å². The van der Waals surface area contributed by atoms with Gasteiger partial charge in [0.1, 0.15) is 5.82 Å². The van der Waals surface area contributed by atoms with Crippen molar-refractivity contribution in [1.82, 2.24) is 14.6 Å². The molecule has 2 aromatic carbocycles. The Morgan fingerprint density at radius 3 is 2.92 bits per heavy atom. The fourth-order valence-corrected chi connectivity index (χ4v) is 3.08. The number of para-hydroxylation sites is 1. The van der Waals surface area contributed by atoms with Gasteiger partial charge in [-0.1, -0.05) is 34.1 Å². The fraction of sp³-hybridized carbons (Fsp3) is 0.0556. The van der Waals surface area contributed by atoms with E-state index in [9.17, 15) is 4.79 Å². The molecule has 0 radical (unpaired) electrons. The van der Waals surface area contributed by atoms with Crippen molar-refractivity contribution in [3.05, 3.63) is 74.9 Å². The highest BCUT2D eigenvalue weighted by molar-refractivity contribution is 9.10. The lowest BCUT2D eigenvalue weighted by Crippen LogP contribution is -2.20. The van der Waals surface area contributed by atoms with E-state index in [0.717, 1.165) is 20.9 Å². The minimum atomic E-state index is -0.185. The first kappa shape index (κ1) is 14.8. The van der Waals surface area contributed by atoms with Crippen LogP contribution in [0, 0.1) is 6.92 Å². The SMILES string of the molecule is Cc1nc2ccc(Br)cc2c(=O)n1N=Cc1c[nH]c2ccccc12. The van der Waals surface area contributed by atoms with Crippen LogP contribution in [0.2, 0.25) is 0 Å². The summed E-state index contributed by atoms with van der Waals surface area (Å²) in [7, 11) is 0. The molecule has 0 saturated carbocycles. The van der Waals surface area contributed by atoms with Gasteiger partial charge in [0.05, 0.1) is 17.1 Å². The monoisotopic (exact) mass is 380 g/mol. The molecule has 5 nitrogen and oxygen atoms in total. The molecule has 0 amide bonds. The summed E-state index contributed by atoms with van der Waals surface area (Å²) in [6.45, 7) is 1.77. The molecule has 1 N–H and O–H groups in total. The lowest BCUT2D eigenvalue weighted by Gasteiger charge is -2.05. The Morgan fingerprint density at radius 2 is 2.04 bits per heavy atom. The Hall–Kier alpha value is -2.73. The van der Waals surface area contributed by atoms with Crippen LogP contribution in [0.25, 0.3) is 21.8 Å². The van der Waals surface area contributed by atoms with Gasteiger partial charge in [-0.05, 0) is 31.2 Å². The molecule has 0 saturated heterocycles. The smallest absolute Gasteiger partial charge is 0.282 e. The number of hydrogen-bond donors (Lipinski definition) is 1. The number of halogens is 1. The lowest BCUT2D eigenvalue weighted by atomic mass is 10.2. The molecular formula is C18H13BrN4O. The number of nitrogens with zero attached hydrogens (tertiary/aromatic N) is 3. The Morgan fingerprint density at radius 1 is 1.21 bits per heavy atom. The molecular weight excluding hydrogens is 368 g/mol. The summed E-state index contributed by atoms with van der Waals surface area (Å²) < 4.78 is 2.17. The number of aromatic nitrogens is 3. The van der Waals surface area contributed by atoms with Gasteiger partial charge in [0.25, 0.3) is 5.56 Å². The van der Waals surface area contributed by atoms with E-state index in [4.69, 9.17) is 0 Å². The molecule has 6 heteroatoms. The van der Waals surface area contributed by atoms with Crippen LogP contribution in [-0.2, 0) is 0 Å². The molecule has 0 atom stereocenters. The molecule has 2 heterocycles. The quantitative estimate of drug-likeness (QED) is 0.537. The first-order valence-corrected chi connectivity index (χ1v) is 8.22. The van der Waals surface area contributed by atoms with Crippen LogP contribution in [0.3, 0.4) is 0 Å². The number of hydrogen-bond acceptors (Lipinski definition) is 3. The minimum absolute atomic E-state index is 0.185. The summed E-state index contributed by atoms with van der Waals surface area (Å²) in [6, 6.07) is 13.4. The van der Waals surface area contributed by atoms with Gasteiger partial charge in [0.15, 0.2) is 0 Å². The van der Waals surface area contributed by atoms with Crippen molar-refractivity contribution in [2.45, 2.75) is 6.92 Å². The van der Waals surface area contributed by atoms with E-state index in [-0.39, 0.29) is 5.56 Å². The lowest BCUT2D eigenvalue weighted by molar-refractivity contribution is 0.771. The van der Waals surface area contributed by atoms with Crippen LogP contribution in [0.5, 0.6) is 0 Å². The van der Waals surface area contributed by atoms with E-state index in [0.29, 0.717) is 16.7 Å². The van der Waals surface area contributed by atoms with Gasteiger partial charge in [-0.2, -0.15) is 9.78 Å². The van der Waals surface area contributed by atoms with Gasteiger partial charge < -0.3 is 4.98 Å². The van der Waals surface area contributed by atoms with Crippen molar-refractivity contribution in [3.8, 4) is 0 Å². The van der Waals surface area contributed by atoms with Crippen LogP contribution in [0.4, 0.5) is 0 Å². The zero-order valence-corrected chi connectivity index (χ0v) is 14.4. The van der Waals surface area contributed by atoms with Crippen LogP contribution in [0.1, 0.15) is 11.4 Å². The largest absolute Gasteiger partial charge is 0.361 e. The Bertz CT molecular complexity index is 1160. The summed E-state index contributed by atoms with van der Waals surface area (Å²) >= 11 is 3.39. The average Bonchev–Trinajstić information content (AvgIpc) is 2.99. The maximum atomic E-state index is 12.7. The first-order valence-electron chi connectivity index (χ1n) is 7.43. The summed E-state index contributed by atoms with van der Waals surface area (Å²) in [4.78, 5) is 20.4. The van der Waals surface area contributed by atoms with Gasteiger partial charge in [-0.15, -0.1) is 0 Å². The van der Waals surface area contributed by atoms with Crippen LogP contribution in [0.15, 0.2) is 63.0 Å². The van der Waals surface area contributed by atoms with Crippen molar-refractivity contribution in [2.24, 2.45) is 5.10 Å². The molecule has 0 aliphatic rings. The number of H-pyrrole nitrogens is 1. The van der Waals surface area contributed by atoms with Gasteiger partial charge in [-0.3, -0.25) is 4.79 Å². The van der Waals surface area contributed by atoms with Crippen LogP contribution >= 0.6 is 15.9 Å². The van der Waals surface area contributed by atoms with E-state index in [1.54, 1.807) is 19.2 Å². The van der Waals surface area contributed by atoms with E-state index in [2.05, 4.69) is 31.0 Å². The second kappa shape index (κ2) is 5.72. The summed E-state index contributed by atoms with van der Waals surface area (Å²) in [5, 5.41) is 5.95.